The largest absolute Gasteiger partial charge is 0.361 e. The summed E-state index contributed by atoms with van der Waals surface area (Å²) in [5, 5.41) is 14.5. The third-order valence-corrected chi connectivity index (χ3v) is 2.99. The van der Waals surface area contributed by atoms with Crippen molar-refractivity contribution in [2.24, 2.45) is 0 Å². The summed E-state index contributed by atoms with van der Waals surface area (Å²) in [5.41, 5.74) is -0.0822. The normalized spacial score (nSPS) is 10.4. The highest BCUT2D eigenvalue weighted by Crippen LogP contribution is 2.27. The van der Waals surface area contributed by atoms with Gasteiger partial charge in [-0.25, -0.2) is 4.98 Å². The Kier molecular flexibility index (Phi) is 4.18. The van der Waals surface area contributed by atoms with E-state index in [0.717, 1.165) is 0 Å². The zero-order valence-electron chi connectivity index (χ0n) is 11.2. The molecule has 1 amide bonds. The molecule has 0 atom stereocenters. The summed E-state index contributed by atoms with van der Waals surface area (Å²) in [6, 6.07) is 2.94. The first-order valence-corrected chi connectivity index (χ1v) is 6.24. The lowest BCUT2D eigenvalue weighted by Gasteiger charge is -2.15. The third kappa shape index (κ3) is 3.16. The number of pyridine rings is 1. The molecule has 0 bridgehead atoms. The molecular weight excluding hydrogens is 300 g/mol. The number of aryl methyl sites for hydroxylation is 1. The van der Waals surface area contributed by atoms with E-state index >= 15 is 0 Å². The average Bonchev–Trinajstić information content (AvgIpc) is 2.82. The van der Waals surface area contributed by atoms with Crippen LogP contribution in [0.4, 0.5) is 5.69 Å². The van der Waals surface area contributed by atoms with Crippen LogP contribution in [0.5, 0.6) is 0 Å². The van der Waals surface area contributed by atoms with Gasteiger partial charge in [0.05, 0.1) is 11.5 Å². The standard InChI is InChI=1S/C12H11ClN4O4/c1-7-5-8(15-21-7)6-16(2)12(18)9-3-4-14-11(13)10(9)17(19)20/h3-5H,6H2,1-2H3. The van der Waals surface area contributed by atoms with Crippen molar-refractivity contribution < 1.29 is 14.2 Å². The van der Waals surface area contributed by atoms with Crippen LogP contribution in [0.15, 0.2) is 22.9 Å². The predicted molar refractivity (Wildman–Crippen MR) is 72.9 cm³/mol. The molecule has 2 aromatic rings. The van der Waals surface area contributed by atoms with Gasteiger partial charge in [-0.05, 0) is 13.0 Å². The first-order chi connectivity index (χ1) is 9.90. The van der Waals surface area contributed by atoms with Crippen molar-refractivity contribution >= 4 is 23.2 Å². The number of carbonyl (C=O) groups is 1. The maximum absolute atomic E-state index is 12.3. The number of hydrogen-bond donors (Lipinski definition) is 0. The van der Waals surface area contributed by atoms with Gasteiger partial charge in [-0.15, -0.1) is 0 Å². The molecule has 0 saturated carbocycles. The van der Waals surface area contributed by atoms with Gasteiger partial charge in [-0.2, -0.15) is 0 Å². The lowest BCUT2D eigenvalue weighted by Crippen LogP contribution is -2.27. The molecule has 2 aromatic heterocycles. The molecule has 9 heteroatoms. The molecule has 0 radical (unpaired) electrons. The SMILES string of the molecule is Cc1cc(CN(C)C(=O)c2ccnc(Cl)c2[N+](=O)[O-])no1. The van der Waals surface area contributed by atoms with Gasteiger partial charge >= 0.3 is 5.69 Å². The Morgan fingerprint density at radius 3 is 2.86 bits per heavy atom. The predicted octanol–water partition coefficient (Wildman–Crippen LogP) is 2.21. The zero-order chi connectivity index (χ0) is 15.6. The highest BCUT2D eigenvalue weighted by molar-refractivity contribution is 6.32. The fourth-order valence-electron chi connectivity index (χ4n) is 1.79. The lowest BCUT2D eigenvalue weighted by molar-refractivity contribution is -0.385. The molecule has 0 aromatic carbocycles. The maximum Gasteiger partial charge on any atom is 0.319 e. The van der Waals surface area contributed by atoms with Gasteiger partial charge in [0, 0.05) is 19.3 Å². The van der Waals surface area contributed by atoms with Crippen molar-refractivity contribution in [3.8, 4) is 0 Å². The van der Waals surface area contributed by atoms with Gasteiger partial charge in [-0.1, -0.05) is 16.8 Å². The number of nitrogens with zero attached hydrogens (tertiary/aromatic N) is 4. The monoisotopic (exact) mass is 310 g/mol. The van der Waals surface area contributed by atoms with Crippen molar-refractivity contribution in [3.05, 3.63) is 50.6 Å². The molecule has 2 heterocycles. The van der Waals surface area contributed by atoms with Crippen LogP contribution in [0.2, 0.25) is 5.15 Å². The number of halogens is 1. The minimum absolute atomic E-state index is 0.122. The average molecular weight is 311 g/mol. The van der Waals surface area contributed by atoms with E-state index in [1.807, 2.05) is 0 Å². The quantitative estimate of drug-likeness (QED) is 0.487. The molecule has 0 aliphatic heterocycles. The summed E-state index contributed by atoms with van der Waals surface area (Å²) in [5.74, 6) is 0.0652. The second kappa shape index (κ2) is 5.88. The van der Waals surface area contributed by atoms with Gasteiger partial charge in [0.15, 0.2) is 0 Å². The van der Waals surface area contributed by atoms with E-state index in [-0.39, 0.29) is 17.3 Å². The minimum atomic E-state index is -0.726. The molecule has 0 fully saturated rings. The smallest absolute Gasteiger partial charge is 0.319 e. The van der Waals surface area contributed by atoms with Crippen LogP contribution in [-0.4, -0.2) is 32.9 Å². The molecule has 0 N–H and O–H groups in total. The van der Waals surface area contributed by atoms with Crippen LogP contribution in [0.3, 0.4) is 0 Å². The molecule has 0 spiro atoms. The molecule has 21 heavy (non-hydrogen) atoms. The van der Waals surface area contributed by atoms with Gasteiger partial charge < -0.3 is 9.42 Å². The molecule has 2 rings (SSSR count). The highest BCUT2D eigenvalue weighted by atomic mass is 35.5. The second-order valence-electron chi connectivity index (χ2n) is 4.35. The first-order valence-electron chi connectivity index (χ1n) is 5.86. The van der Waals surface area contributed by atoms with Gasteiger partial charge in [0.1, 0.15) is 17.0 Å². The minimum Gasteiger partial charge on any atom is -0.361 e. The summed E-state index contributed by atoms with van der Waals surface area (Å²) in [6.45, 7) is 1.89. The van der Waals surface area contributed by atoms with Crippen LogP contribution < -0.4 is 0 Å². The van der Waals surface area contributed by atoms with Crippen LogP contribution >= 0.6 is 11.6 Å². The summed E-state index contributed by atoms with van der Waals surface area (Å²) in [6.07, 6.45) is 1.25. The van der Waals surface area contributed by atoms with Crippen LogP contribution in [-0.2, 0) is 6.54 Å². The second-order valence-corrected chi connectivity index (χ2v) is 4.70. The van der Waals surface area contributed by atoms with Gasteiger partial charge in [0.2, 0.25) is 5.15 Å². The number of hydrogen-bond acceptors (Lipinski definition) is 6. The fourth-order valence-corrected chi connectivity index (χ4v) is 2.01. The number of rotatable bonds is 4. The molecular formula is C12H11ClN4O4. The Morgan fingerprint density at radius 1 is 1.57 bits per heavy atom. The maximum atomic E-state index is 12.3. The van der Waals surface area contributed by atoms with E-state index in [1.165, 1.54) is 24.2 Å². The number of nitro groups is 1. The van der Waals surface area contributed by atoms with Crippen molar-refractivity contribution in [3.63, 3.8) is 0 Å². The summed E-state index contributed by atoms with van der Waals surface area (Å²) < 4.78 is 4.90. The highest BCUT2D eigenvalue weighted by Gasteiger charge is 2.27. The van der Waals surface area contributed by atoms with Crippen molar-refractivity contribution in [1.82, 2.24) is 15.0 Å². The van der Waals surface area contributed by atoms with Crippen LogP contribution in [0.25, 0.3) is 0 Å². The fraction of sp³-hybridized carbons (Fsp3) is 0.250. The lowest BCUT2D eigenvalue weighted by atomic mass is 10.2. The van der Waals surface area contributed by atoms with E-state index in [4.69, 9.17) is 16.1 Å². The van der Waals surface area contributed by atoms with E-state index < -0.39 is 16.5 Å². The summed E-state index contributed by atoms with van der Waals surface area (Å²) in [7, 11) is 1.50. The molecule has 0 aliphatic rings. The number of carbonyl (C=O) groups excluding carboxylic acids is 1. The molecule has 8 nitrogen and oxygen atoms in total. The van der Waals surface area contributed by atoms with E-state index in [2.05, 4.69) is 10.1 Å². The Bertz CT molecular complexity index is 700. The van der Waals surface area contributed by atoms with Gasteiger partial charge in [-0.3, -0.25) is 14.9 Å². The Balaban J connectivity index is 2.27. The Hall–Kier alpha value is -2.48. The van der Waals surface area contributed by atoms with Gasteiger partial charge in [0.25, 0.3) is 5.91 Å². The number of aromatic nitrogens is 2. The summed E-state index contributed by atoms with van der Waals surface area (Å²) in [4.78, 5) is 27.5. The van der Waals surface area contributed by atoms with Crippen LogP contribution in [0.1, 0.15) is 21.8 Å². The first kappa shape index (κ1) is 14.9. The van der Waals surface area contributed by atoms with E-state index in [9.17, 15) is 14.9 Å². The summed E-state index contributed by atoms with van der Waals surface area (Å²) >= 11 is 5.69. The van der Waals surface area contributed by atoms with Crippen molar-refractivity contribution in [1.29, 1.82) is 0 Å². The topological polar surface area (TPSA) is 102 Å². The van der Waals surface area contributed by atoms with Crippen LogP contribution in [0, 0.1) is 17.0 Å². The third-order valence-electron chi connectivity index (χ3n) is 2.72. The Labute approximate surface area is 124 Å². The molecule has 0 saturated heterocycles. The molecule has 110 valence electrons. The molecule has 0 unspecified atom stereocenters. The van der Waals surface area contributed by atoms with E-state index in [0.29, 0.717) is 11.5 Å². The number of amides is 1. The van der Waals surface area contributed by atoms with Crippen molar-refractivity contribution in [2.75, 3.05) is 7.05 Å². The zero-order valence-corrected chi connectivity index (χ0v) is 12.0. The molecule has 0 aliphatic carbocycles. The Morgan fingerprint density at radius 2 is 2.29 bits per heavy atom. The van der Waals surface area contributed by atoms with Crippen molar-refractivity contribution in [2.45, 2.75) is 13.5 Å². The van der Waals surface area contributed by atoms with E-state index in [1.54, 1.807) is 13.0 Å².